The van der Waals surface area contributed by atoms with Gasteiger partial charge in [-0.25, -0.2) is 14.4 Å². The van der Waals surface area contributed by atoms with Crippen molar-refractivity contribution in [2.45, 2.75) is 6.42 Å². The molecule has 0 atom stereocenters. The summed E-state index contributed by atoms with van der Waals surface area (Å²) in [6, 6.07) is 8.00. The van der Waals surface area contributed by atoms with Gasteiger partial charge >= 0.3 is 0 Å². The molecular weight excluding hydrogens is 461 g/mol. The summed E-state index contributed by atoms with van der Waals surface area (Å²) in [7, 11) is 0. The van der Waals surface area contributed by atoms with Crippen molar-refractivity contribution in [3.05, 3.63) is 59.6 Å². The van der Waals surface area contributed by atoms with E-state index in [-0.39, 0.29) is 16.3 Å². The van der Waals surface area contributed by atoms with Crippen LogP contribution in [0.1, 0.15) is 12.0 Å². The number of nitrogens with zero attached hydrogens (tertiary/aromatic N) is 3. The Balaban J connectivity index is 1.60. The highest BCUT2D eigenvalue weighted by Gasteiger charge is 2.18. The van der Waals surface area contributed by atoms with Crippen molar-refractivity contribution >= 4 is 45.5 Å². The molecule has 8 nitrogen and oxygen atoms in total. The molecule has 0 aliphatic carbocycles. The van der Waals surface area contributed by atoms with E-state index in [1.807, 2.05) is 0 Å². The van der Waals surface area contributed by atoms with Crippen LogP contribution in [0, 0.1) is 5.82 Å². The fourth-order valence-electron chi connectivity index (χ4n) is 3.69. The van der Waals surface area contributed by atoms with E-state index in [0.717, 1.165) is 39.3 Å². The van der Waals surface area contributed by atoms with Crippen molar-refractivity contribution in [3.63, 3.8) is 0 Å². The number of ether oxygens (including phenoxy) is 2. The highest BCUT2D eigenvalue weighted by Crippen LogP contribution is 2.34. The van der Waals surface area contributed by atoms with Gasteiger partial charge in [0.2, 0.25) is 5.91 Å². The second-order valence-electron chi connectivity index (χ2n) is 7.81. The molecule has 0 spiro atoms. The Morgan fingerprint density at radius 1 is 1.29 bits per heavy atom. The number of hydrogen-bond acceptors (Lipinski definition) is 7. The zero-order valence-corrected chi connectivity index (χ0v) is 19.3. The van der Waals surface area contributed by atoms with Gasteiger partial charge in [-0.2, -0.15) is 0 Å². The molecule has 34 heavy (non-hydrogen) atoms. The zero-order valence-electron chi connectivity index (χ0n) is 18.5. The van der Waals surface area contributed by atoms with Gasteiger partial charge in [-0.1, -0.05) is 24.2 Å². The number of amides is 1. The number of nitrogens with one attached hydrogen (secondary N) is 1. The number of benzene rings is 2. The second kappa shape index (κ2) is 10.8. The summed E-state index contributed by atoms with van der Waals surface area (Å²) in [5, 5.41) is 3.47. The summed E-state index contributed by atoms with van der Waals surface area (Å²) in [5.41, 5.74) is 6.73. The van der Waals surface area contributed by atoms with E-state index in [9.17, 15) is 9.18 Å². The summed E-state index contributed by atoms with van der Waals surface area (Å²) in [6.07, 6.45) is 2.16. The number of anilines is 2. The summed E-state index contributed by atoms with van der Waals surface area (Å²) in [5.74, 6) is -0.497. The van der Waals surface area contributed by atoms with E-state index in [0.29, 0.717) is 34.6 Å². The monoisotopic (exact) mass is 485 g/mol. The van der Waals surface area contributed by atoms with E-state index in [4.69, 9.17) is 26.8 Å². The lowest BCUT2D eigenvalue weighted by molar-refractivity contribution is -0.112. The quantitative estimate of drug-likeness (QED) is 0.351. The summed E-state index contributed by atoms with van der Waals surface area (Å²) < 4.78 is 25.8. The summed E-state index contributed by atoms with van der Waals surface area (Å²) >= 11 is 5.89. The minimum atomic E-state index is -0.676. The molecule has 0 unspecified atom stereocenters. The number of aromatic nitrogens is 2. The van der Waals surface area contributed by atoms with Gasteiger partial charge in [0, 0.05) is 42.2 Å². The average Bonchev–Trinajstić information content (AvgIpc) is 2.84. The van der Waals surface area contributed by atoms with E-state index < -0.39 is 11.7 Å². The van der Waals surface area contributed by atoms with Crippen LogP contribution in [0.2, 0.25) is 5.02 Å². The van der Waals surface area contributed by atoms with Gasteiger partial charge in [-0.3, -0.25) is 9.69 Å². The Hall–Kier alpha value is -3.27. The maximum atomic E-state index is 14.4. The number of carbonyl (C=O) groups is 1. The molecule has 10 heteroatoms. The minimum absolute atomic E-state index is 0.0149. The number of halogens is 2. The smallest absolute Gasteiger partial charge is 0.248 e. The first kappa shape index (κ1) is 23.9. The molecule has 1 aliphatic rings. The number of primary amides is 1. The van der Waals surface area contributed by atoms with Crippen LogP contribution in [0.25, 0.3) is 16.5 Å². The molecule has 0 bridgehead atoms. The third-order valence-corrected chi connectivity index (χ3v) is 5.84. The van der Waals surface area contributed by atoms with Crippen LogP contribution < -0.4 is 15.8 Å². The van der Waals surface area contributed by atoms with Gasteiger partial charge in [0.1, 0.15) is 17.9 Å². The van der Waals surface area contributed by atoms with Crippen LogP contribution in [0.4, 0.5) is 15.9 Å². The van der Waals surface area contributed by atoms with Gasteiger partial charge in [-0.15, -0.1) is 0 Å². The van der Waals surface area contributed by atoms with Crippen molar-refractivity contribution in [2.24, 2.45) is 5.73 Å². The maximum Gasteiger partial charge on any atom is 0.248 e. The predicted molar refractivity (Wildman–Crippen MR) is 130 cm³/mol. The van der Waals surface area contributed by atoms with Crippen LogP contribution in [0.15, 0.2) is 43.2 Å². The van der Waals surface area contributed by atoms with Gasteiger partial charge in [-0.05, 0) is 24.6 Å². The predicted octanol–water partition coefficient (Wildman–Crippen LogP) is 3.77. The first-order valence-electron chi connectivity index (χ1n) is 10.9. The molecule has 4 rings (SSSR count). The van der Waals surface area contributed by atoms with E-state index >= 15 is 0 Å². The lowest BCUT2D eigenvalue weighted by Gasteiger charge is -2.26. The molecule has 0 saturated carbocycles. The topological polar surface area (TPSA) is 103 Å². The maximum absolute atomic E-state index is 14.4. The van der Waals surface area contributed by atoms with E-state index in [1.165, 1.54) is 12.4 Å². The first-order chi connectivity index (χ1) is 16.4. The SMILES string of the molecule is C=C(C(N)=O)c1cc2c(Nc3cccc(Cl)c3F)ncnc2cc1OCCCN1CCOCC1. The van der Waals surface area contributed by atoms with E-state index in [1.54, 1.807) is 24.3 Å². The molecule has 1 aliphatic heterocycles. The standard InChI is InChI=1S/C24H25ClFN5O3/c1-15(23(27)32)16-12-17-20(13-21(16)34-9-3-6-31-7-10-33-11-8-31)28-14-29-24(17)30-19-5-2-4-18(25)22(19)26/h2,4-5,12-14H,1,3,6-11H2,(H2,27,32)(H,28,29,30). The third kappa shape index (κ3) is 5.44. The number of carbonyl (C=O) groups excluding carboxylic acids is 1. The van der Waals surface area contributed by atoms with Crippen molar-refractivity contribution in [1.29, 1.82) is 0 Å². The Labute approximate surface area is 201 Å². The zero-order chi connectivity index (χ0) is 24.1. The van der Waals surface area contributed by atoms with Gasteiger partial charge in [0.05, 0.1) is 36.0 Å². The summed E-state index contributed by atoms with van der Waals surface area (Å²) in [4.78, 5) is 22.8. The Morgan fingerprint density at radius 3 is 2.85 bits per heavy atom. The van der Waals surface area contributed by atoms with Gasteiger partial charge in [0.15, 0.2) is 5.82 Å². The fraction of sp³-hybridized carbons (Fsp3) is 0.292. The molecule has 2 heterocycles. The molecule has 1 aromatic heterocycles. The Bertz CT molecular complexity index is 1220. The second-order valence-corrected chi connectivity index (χ2v) is 8.22. The van der Waals surface area contributed by atoms with Crippen molar-refractivity contribution in [1.82, 2.24) is 14.9 Å². The highest BCUT2D eigenvalue weighted by atomic mass is 35.5. The number of hydrogen-bond donors (Lipinski definition) is 2. The molecular formula is C24H25ClFN5O3. The number of nitrogens with two attached hydrogens (primary N) is 1. The lowest BCUT2D eigenvalue weighted by atomic mass is 10.0. The molecule has 3 aromatic rings. The van der Waals surface area contributed by atoms with Crippen LogP contribution in [-0.2, 0) is 9.53 Å². The van der Waals surface area contributed by atoms with Crippen LogP contribution in [-0.4, -0.2) is 60.2 Å². The normalized spacial score (nSPS) is 14.2. The van der Waals surface area contributed by atoms with Crippen LogP contribution in [0.3, 0.4) is 0 Å². The highest BCUT2D eigenvalue weighted by molar-refractivity contribution is 6.31. The molecule has 2 aromatic carbocycles. The lowest BCUT2D eigenvalue weighted by Crippen LogP contribution is -2.37. The number of morpholine rings is 1. The molecule has 3 N–H and O–H groups in total. The van der Waals surface area contributed by atoms with Gasteiger partial charge < -0.3 is 20.5 Å². The third-order valence-electron chi connectivity index (χ3n) is 5.54. The van der Waals surface area contributed by atoms with E-state index in [2.05, 4.69) is 26.8 Å². The molecule has 1 amide bonds. The number of rotatable bonds is 9. The molecule has 1 saturated heterocycles. The molecule has 178 valence electrons. The summed E-state index contributed by atoms with van der Waals surface area (Å²) in [6.45, 7) is 8.42. The average molecular weight is 486 g/mol. The van der Waals surface area contributed by atoms with Crippen LogP contribution >= 0.6 is 11.6 Å². The minimum Gasteiger partial charge on any atom is -0.493 e. The van der Waals surface area contributed by atoms with Crippen molar-refractivity contribution in [2.75, 3.05) is 44.8 Å². The first-order valence-corrected chi connectivity index (χ1v) is 11.2. The Kier molecular flexibility index (Phi) is 7.56. The molecule has 0 radical (unpaired) electrons. The Morgan fingerprint density at radius 2 is 2.09 bits per heavy atom. The largest absolute Gasteiger partial charge is 0.493 e. The van der Waals surface area contributed by atoms with Crippen LogP contribution in [0.5, 0.6) is 5.75 Å². The fourth-order valence-corrected chi connectivity index (χ4v) is 3.87. The van der Waals surface area contributed by atoms with Gasteiger partial charge in [0.25, 0.3) is 0 Å². The molecule has 1 fully saturated rings. The number of fused-ring (bicyclic) bond motifs is 1. The van der Waals surface area contributed by atoms with Crippen molar-refractivity contribution in [3.8, 4) is 5.75 Å². The van der Waals surface area contributed by atoms with Crippen molar-refractivity contribution < 1.29 is 18.7 Å².